The quantitative estimate of drug-likeness (QED) is 0.872. The van der Waals surface area contributed by atoms with Crippen molar-refractivity contribution in [2.45, 2.75) is 13.0 Å². The van der Waals surface area contributed by atoms with Crippen molar-refractivity contribution in [1.29, 1.82) is 0 Å². The van der Waals surface area contributed by atoms with Crippen LogP contribution in [-0.4, -0.2) is 58.2 Å². The summed E-state index contributed by atoms with van der Waals surface area (Å²) in [5, 5.41) is 10.8. The van der Waals surface area contributed by atoms with E-state index in [9.17, 15) is 4.79 Å². The van der Waals surface area contributed by atoms with Gasteiger partial charge in [-0.2, -0.15) is 0 Å². The van der Waals surface area contributed by atoms with E-state index in [1.54, 1.807) is 11.8 Å². The Kier molecular flexibility index (Phi) is 4.25. The lowest BCUT2D eigenvalue weighted by atomic mass is 10.1. The van der Waals surface area contributed by atoms with Gasteiger partial charge in [-0.05, 0) is 0 Å². The van der Waals surface area contributed by atoms with E-state index in [0.717, 1.165) is 30.0 Å². The molecule has 0 saturated carbocycles. The number of fused-ring (bicyclic) bond motifs is 1. The van der Waals surface area contributed by atoms with Crippen molar-refractivity contribution < 1.29 is 4.79 Å². The highest BCUT2D eigenvalue weighted by Gasteiger charge is 2.23. The van der Waals surface area contributed by atoms with Crippen molar-refractivity contribution in [3.8, 4) is 0 Å². The maximum Gasteiger partial charge on any atom is 0.240 e. The second kappa shape index (κ2) is 6.32. The molecule has 0 spiro atoms. The van der Waals surface area contributed by atoms with Crippen LogP contribution >= 0.6 is 11.3 Å². The molecule has 0 atom stereocenters. The molecule has 116 valence electrons. The first-order valence-electron chi connectivity index (χ1n) is 6.92. The van der Waals surface area contributed by atoms with Crippen LogP contribution < -0.4 is 10.2 Å². The van der Waals surface area contributed by atoms with E-state index in [0.29, 0.717) is 18.2 Å². The Bertz CT molecular complexity index is 658. The van der Waals surface area contributed by atoms with E-state index >= 15 is 0 Å². The van der Waals surface area contributed by atoms with Crippen molar-refractivity contribution in [3.05, 3.63) is 23.1 Å². The molecule has 1 N–H and O–H groups in total. The van der Waals surface area contributed by atoms with Crippen LogP contribution in [0.4, 0.5) is 10.9 Å². The van der Waals surface area contributed by atoms with Crippen LogP contribution in [0.1, 0.15) is 11.3 Å². The minimum absolute atomic E-state index is 0.0801. The maximum absolute atomic E-state index is 12.1. The van der Waals surface area contributed by atoms with Crippen LogP contribution in [0.3, 0.4) is 0 Å². The van der Waals surface area contributed by atoms with Gasteiger partial charge in [0.1, 0.15) is 17.7 Å². The van der Waals surface area contributed by atoms with Gasteiger partial charge in [-0.15, -0.1) is 10.2 Å². The van der Waals surface area contributed by atoms with Crippen molar-refractivity contribution in [3.63, 3.8) is 0 Å². The molecule has 22 heavy (non-hydrogen) atoms. The van der Waals surface area contributed by atoms with Crippen LogP contribution in [0.2, 0.25) is 0 Å². The average Bonchev–Trinajstić information content (AvgIpc) is 2.99. The molecule has 1 aliphatic heterocycles. The molecular formula is C13H17N7OS. The van der Waals surface area contributed by atoms with Crippen LogP contribution in [-0.2, 0) is 17.8 Å². The van der Waals surface area contributed by atoms with Gasteiger partial charge in [-0.25, -0.2) is 9.97 Å². The monoisotopic (exact) mass is 319 g/mol. The summed E-state index contributed by atoms with van der Waals surface area (Å²) in [5.41, 5.74) is 3.76. The molecule has 1 aliphatic rings. The molecule has 0 bridgehead atoms. The lowest BCUT2D eigenvalue weighted by Crippen LogP contribution is -2.38. The fourth-order valence-corrected chi connectivity index (χ4v) is 2.95. The van der Waals surface area contributed by atoms with Gasteiger partial charge in [0.05, 0.1) is 12.2 Å². The van der Waals surface area contributed by atoms with Crippen molar-refractivity contribution in [1.82, 2.24) is 25.1 Å². The first-order chi connectivity index (χ1) is 10.6. The Hall–Kier alpha value is -2.13. The van der Waals surface area contributed by atoms with Gasteiger partial charge in [0.25, 0.3) is 0 Å². The molecule has 0 aromatic carbocycles. The molecular weight excluding hydrogens is 302 g/mol. The molecule has 0 saturated heterocycles. The molecule has 0 unspecified atom stereocenters. The van der Waals surface area contributed by atoms with E-state index in [1.165, 1.54) is 11.3 Å². The topological polar surface area (TPSA) is 87.1 Å². The van der Waals surface area contributed by atoms with E-state index in [-0.39, 0.29) is 5.91 Å². The van der Waals surface area contributed by atoms with Crippen molar-refractivity contribution >= 4 is 28.2 Å². The Balaban J connectivity index is 1.67. The van der Waals surface area contributed by atoms with E-state index in [1.807, 2.05) is 19.0 Å². The second-order valence-corrected chi connectivity index (χ2v) is 6.10. The Morgan fingerprint density at radius 2 is 2.32 bits per heavy atom. The number of nitrogens with zero attached hydrogens (tertiary/aromatic N) is 6. The number of hydrogen-bond donors (Lipinski definition) is 1. The Labute approximate surface area is 132 Å². The number of anilines is 2. The van der Waals surface area contributed by atoms with Gasteiger partial charge in [0.2, 0.25) is 11.0 Å². The molecule has 3 heterocycles. The first kappa shape index (κ1) is 14.8. The molecule has 1 amide bonds. The Morgan fingerprint density at radius 1 is 1.45 bits per heavy atom. The van der Waals surface area contributed by atoms with Crippen molar-refractivity contribution in [2.24, 2.45) is 0 Å². The summed E-state index contributed by atoms with van der Waals surface area (Å²) in [6, 6.07) is 0. The van der Waals surface area contributed by atoms with Gasteiger partial charge in [0, 0.05) is 39.2 Å². The lowest BCUT2D eigenvalue weighted by Gasteiger charge is -2.29. The van der Waals surface area contributed by atoms with E-state index < -0.39 is 0 Å². The van der Waals surface area contributed by atoms with Crippen LogP contribution in [0, 0.1) is 0 Å². The summed E-state index contributed by atoms with van der Waals surface area (Å²) in [5.74, 6) is 0.836. The first-order valence-corrected chi connectivity index (χ1v) is 7.80. The zero-order chi connectivity index (χ0) is 15.5. The summed E-state index contributed by atoms with van der Waals surface area (Å²) in [6.07, 6.45) is 2.43. The average molecular weight is 319 g/mol. The van der Waals surface area contributed by atoms with Gasteiger partial charge in [0.15, 0.2) is 0 Å². The smallest absolute Gasteiger partial charge is 0.240 e. The summed E-state index contributed by atoms with van der Waals surface area (Å²) < 4.78 is 0. The van der Waals surface area contributed by atoms with Crippen LogP contribution in [0.5, 0.6) is 0 Å². The molecule has 0 aliphatic carbocycles. The number of aromatic nitrogens is 4. The zero-order valence-corrected chi connectivity index (χ0v) is 13.3. The number of nitrogens with one attached hydrogen (secondary N) is 1. The summed E-state index contributed by atoms with van der Waals surface area (Å²) in [4.78, 5) is 24.8. The highest BCUT2D eigenvalue weighted by atomic mass is 32.1. The summed E-state index contributed by atoms with van der Waals surface area (Å²) in [7, 11) is 3.92. The van der Waals surface area contributed by atoms with Gasteiger partial charge in [-0.1, -0.05) is 11.3 Å². The molecule has 3 rings (SSSR count). The highest BCUT2D eigenvalue weighted by molar-refractivity contribution is 7.13. The molecule has 2 aromatic heterocycles. The molecule has 9 heteroatoms. The third-order valence-electron chi connectivity index (χ3n) is 3.46. The SMILES string of the molecule is CN(C)c1ncnc2c1CN(CC(=O)Nc1nncs1)CC2. The minimum atomic E-state index is -0.0801. The van der Waals surface area contributed by atoms with Crippen LogP contribution in [0.15, 0.2) is 11.8 Å². The van der Waals surface area contributed by atoms with Gasteiger partial charge in [-0.3, -0.25) is 15.0 Å². The zero-order valence-electron chi connectivity index (χ0n) is 12.5. The number of carbonyl (C=O) groups excluding carboxylic acids is 1. The van der Waals surface area contributed by atoms with Gasteiger partial charge < -0.3 is 4.90 Å². The minimum Gasteiger partial charge on any atom is -0.362 e. The predicted octanol–water partition coefficient (Wildman–Crippen LogP) is 0.391. The normalized spacial score (nSPS) is 14.5. The molecule has 2 aromatic rings. The highest BCUT2D eigenvalue weighted by Crippen LogP contribution is 2.24. The van der Waals surface area contributed by atoms with E-state index in [2.05, 4.69) is 30.4 Å². The van der Waals surface area contributed by atoms with Crippen LogP contribution in [0.25, 0.3) is 0 Å². The summed E-state index contributed by atoms with van der Waals surface area (Å²) in [6.45, 7) is 1.80. The number of amides is 1. The Morgan fingerprint density at radius 3 is 3.05 bits per heavy atom. The largest absolute Gasteiger partial charge is 0.362 e. The molecule has 0 radical (unpaired) electrons. The molecule has 8 nitrogen and oxygen atoms in total. The third-order valence-corrected chi connectivity index (χ3v) is 4.06. The van der Waals surface area contributed by atoms with Crippen molar-refractivity contribution in [2.75, 3.05) is 37.4 Å². The standard InChI is InChI=1S/C13H17N7OS/c1-19(2)12-9-5-20(4-3-10(9)14-7-15-12)6-11(21)17-13-18-16-8-22-13/h7-8H,3-6H2,1-2H3,(H,17,18,21). The second-order valence-electron chi connectivity index (χ2n) is 5.27. The van der Waals surface area contributed by atoms with E-state index in [4.69, 9.17) is 0 Å². The van der Waals surface area contributed by atoms with Gasteiger partial charge >= 0.3 is 0 Å². The third kappa shape index (κ3) is 3.20. The number of carbonyl (C=O) groups is 1. The maximum atomic E-state index is 12.1. The lowest BCUT2D eigenvalue weighted by molar-refractivity contribution is -0.117. The number of hydrogen-bond acceptors (Lipinski definition) is 8. The fourth-order valence-electron chi connectivity index (χ4n) is 2.49. The fraction of sp³-hybridized carbons (Fsp3) is 0.462. The summed E-state index contributed by atoms with van der Waals surface area (Å²) >= 11 is 1.31. The number of rotatable bonds is 4. The molecule has 0 fully saturated rings. The predicted molar refractivity (Wildman–Crippen MR) is 83.9 cm³/mol.